The molecular weight excluding hydrogens is 203 g/mol. The molecule has 0 saturated carbocycles. The van der Waals surface area contributed by atoms with Gasteiger partial charge in [-0.3, -0.25) is 0 Å². The Morgan fingerprint density at radius 3 is 2.08 bits per heavy atom. The van der Waals surface area contributed by atoms with Crippen LogP contribution >= 0.6 is 0 Å². The van der Waals surface area contributed by atoms with E-state index in [0.717, 1.165) is 6.42 Å². The Morgan fingerprint density at radius 2 is 1.85 bits per heavy atom. The third kappa shape index (κ3) is 4.76. The molecule has 0 aliphatic rings. The van der Waals surface area contributed by atoms with Gasteiger partial charge in [0.15, 0.2) is 4.93 Å². The van der Waals surface area contributed by atoms with Gasteiger partial charge in [-0.15, -0.1) is 0 Å². The maximum Gasteiger partial charge on any atom is 1.00 e. The van der Waals surface area contributed by atoms with Gasteiger partial charge in [0.1, 0.15) is 10.1 Å². The van der Waals surface area contributed by atoms with E-state index in [2.05, 4.69) is 0 Å². The zero-order valence-corrected chi connectivity index (χ0v) is 11.2. The maximum absolute atomic E-state index is 10.6. The summed E-state index contributed by atoms with van der Waals surface area (Å²) in [5.74, 6) is 0. The summed E-state index contributed by atoms with van der Waals surface area (Å²) in [7, 11) is -4.58. The largest absolute Gasteiger partial charge is 1.00 e. The summed E-state index contributed by atoms with van der Waals surface area (Å²) in [6.45, 7) is 3.36. The van der Waals surface area contributed by atoms with Crippen molar-refractivity contribution in [3.8, 4) is 0 Å². The first-order valence-electron chi connectivity index (χ1n) is 4.05. The van der Waals surface area contributed by atoms with Crippen LogP contribution in [0.5, 0.6) is 0 Å². The second-order valence-electron chi connectivity index (χ2n) is 2.86. The number of unbranched alkanes of at least 4 members (excludes halogenated alkanes) is 1. The van der Waals surface area contributed by atoms with Crippen molar-refractivity contribution in [2.75, 3.05) is 0 Å². The zero-order chi connectivity index (χ0) is 9.83. The first kappa shape index (κ1) is 16.3. The van der Waals surface area contributed by atoms with Crippen molar-refractivity contribution >= 4 is 10.1 Å². The topological polar surface area (TPSA) is 77.4 Å². The fraction of sp³-hybridized carbons (Fsp3) is 1.00. The quantitative estimate of drug-likeness (QED) is 0.420. The van der Waals surface area contributed by atoms with Crippen molar-refractivity contribution in [2.45, 2.75) is 44.5 Å². The molecule has 1 atom stereocenters. The van der Waals surface area contributed by atoms with Crippen molar-refractivity contribution in [1.82, 2.24) is 0 Å². The first-order chi connectivity index (χ1) is 5.37. The molecule has 74 valence electrons. The number of aliphatic hydroxyl groups is 1. The van der Waals surface area contributed by atoms with Gasteiger partial charge in [0.2, 0.25) is 0 Å². The van der Waals surface area contributed by atoms with Crippen LogP contribution in [0.1, 0.15) is 39.5 Å². The molecule has 6 heteroatoms. The SMILES string of the molecule is CCCCC(O)(CC)S(=O)(=O)[O-].[Na+]. The van der Waals surface area contributed by atoms with Crippen molar-refractivity contribution in [3.05, 3.63) is 0 Å². The molecule has 0 rings (SSSR count). The van der Waals surface area contributed by atoms with E-state index in [4.69, 9.17) is 0 Å². The van der Waals surface area contributed by atoms with Crippen molar-refractivity contribution in [3.63, 3.8) is 0 Å². The predicted molar refractivity (Wildman–Crippen MR) is 44.5 cm³/mol. The summed E-state index contributed by atoms with van der Waals surface area (Å²) < 4.78 is 31.8. The van der Waals surface area contributed by atoms with Gasteiger partial charge in [-0.1, -0.05) is 20.3 Å². The Kier molecular flexibility index (Phi) is 7.99. The summed E-state index contributed by atoms with van der Waals surface area (Å²) in [6, 6.07) is 0. The molecule has 0 bridgehead atoms. The van der Waals surface area contributed by atoms with Crippen LogP contribution in [0.4, 0.5) is 0 Å². The second-order valence-corrected chi connectivity index (χ2v) is 4.53. The van der Waals surface area contributed by atoms with Crippen molar-refractivity contribution in [2.24, 2.45) is 0 Å². The molecule has 0 aliphatic heterocycles. The van der Waals surface area contributed by atoms with Gasteiger partial charge < -0.3 is 9.66 Å². The average Bonchev–Trinajstić information content (AvgIpc) is 1.98. The van der Waals surface area contributed by atoms with Crippen LogP contribution < -0.4 is 29.6 Å². The fourth-order valence-corrected chi connectivity index (χ4v) is 1.68. The van der Waals surface area contributed by atoms with Gasteiger partial charge in [0, 0.05) is 0 Å². The van der Waals surface area contributed by atoms with E-state index in [-0.39, 0.29) is 42.4 Å². The molecule has 0 amide bonds. The molecule has 0 heterocycles. The monoisotopic (exact) mass is 218 g/mol. The minimum Gasteiger partial charge on any atom is -0.746 e. The van der Waals surface area contributed by atoms with Gasteiger partial charge in [-0.25, -0.2) is 8.42 Å². The molecule has 1 N–H and O–H groups in total. The minimum atomic E-state index is -4.58. The molecular formula is C7H15NaO4S. The van der Waals surface area contributed by atoms with Crippen molar-refractivity contribution < 1.29 is 47.6 Å². The number of hydrogen-bond donors (Lipinski definition) is 1. The normalized spacial score (nSPS) is 16.0. The number of hydrogen-bond acceptors (Lipinski definition) is 4. The van der Waals surface area contributed by atoms with E-state index in [0.29, 0.717) is 6.42 Å². The third-order valence-corrected chi connectivity index (χ3v) is 3.36. The summed E-state index contributed by atoms with van der Waals surface area (Å²) in [6.07, 6.45) is 1.30. The van der Waals surface area contributed by atoms with Crippen LogP contribution in [0.25, 0.3) is 0 Å². The Labute approximate surface area is 102 Å². The molecule has 0 aromatic rings. The van der Waals surface area contributed by atoms with Gasteiger partial charge in [0.25, 0.3) is 0 Å². The zero-order valence-electron chi connectivity index (χ0n) is 8.41. The third-order valence-electron chi connectivity index (χ3n) is 1.94. The maximum atomic E-state index is 10.6. The Hall–Kier alpha value is 0.870. The van der Waals surface area contributed by atoms with E-state index in [9.17, 15) is 18.1 Å². The van der Waals surface area contributed by atoms with E-state index in [1.54, 1.807) is 0 Å². The van der Waals surface area contributed by atoms with Crippen molar-refractivity contribution in [1.29, 1.82) is 0 Å². The van der Waals surface area contributed by atoms with Crippen LogP contribution in [0.2, 0.25) is 0 Å². The van der Waals surface area contributed by atoms with Crippen LogP contribution in [0.15, 0.2) is 0 Å². The molecule has 0 aromatic heterocycles. The summed E-state index contributed by atoms with van der Waals surface area (Å²) >= 11 is 0. The molecule has 0 saturated heterocycles. The summed E-state index contributed by atoms with van der Waals surface area (Å²) in [5, 5.41) is 9.39. The standard InChI is InChI=1S/C7H16O4S.Na/c1-3-5-6-7(8,4-2)12(9,10)11;/h8H,3-6H2,1-2H3,(H,9,10,11);/q;+1/p-1. The molecule has 13 heavy (non-hydrogen) atoms. The van der Waals surface area contributed by atoms with Gasteiger partial charge in [0.05, 0.1) is 0 Å². The average molecular weight is 218 g/mol. The molecule has 0 fully saturated rings. The number of rotatable bonds is 5. The predicted octanol–water partition coefficient (Wildman–Crippen LogP) is -2.18. The molecule has 0 aliphatic carbocycles. The Morgan fingerprint density at radius 1 is 1.38 bits per heavy atom. The van der Waals surface area contributed by atoms with Gasteiger partial charge in [-0.05, 0) is 19.3 Å². The van der Waals surface area contributed by atoms with Crippen LogP contribution in [0.3, 0.4) is 0 Å². The second kappa shape index (κ2) is 6.37. The van der Waals surface area contributed by atoms with E-state index in [1.807, 2.05) is 6.92 Å². The molecule has 0 spiro atoms. The summed E-state index contributed by atoms with van der Waals surface area (Å²) in [4.78, 5) is -2.05. The summed E-state index contributed by atoms with van der Waals surface area (Å²) in [5.41, 5.74) is 0. The molecule has 0 radical (unpaired) electrons. The van der Waals surface area contributed by atoms with Gasteiger partial charge >= 0.3 is 29.6 Å². The Balaban J connectivity index is 0. The van der Waals surface area contributed by atoms with E-state index < -0.39 is 15.1 Å². The van der Waals surface area contributed by atoms with E-state index >= 15 is 0 Å². The smallest absolute Gasteiger partial charge is 0.746 e. The minimum absolute atomic E-state index is 0. The molecule has 4 nitrogen and oxygen atoms in total. The van der Waals surface area contributed by atoms with Gasteiger partial charge in [-0.2, -0.15) is 0 Å². The molecule has 1 unspecified atom stereocenters. The Bertz CT molecular complexity index is 227. The first-order valence-corrected chi connectivity index (χ1v) is 5.46. The van der Waals surface area contributed by atoms with Crippen LogP contribution in [-0.2, 0) is 10.1 Å². The fourth-order valence-electron chi connectivity index (χ4n) is 0.932. The van der Waals surface area contributed by atoms with E-state index in [1.165, 1.54) is 6.92 Å². The van der Waals surface area contributed by atoms with Crippen LogP contribution in [-0.4, -0.2) is 23.0 Å². The van der Waals surface area contributed by atoms with Crippen LogP contribution in [0, 0.1) is 0 Å². The molecule has 0 aromatic carbocycles.